The van der Waals surface area contributed by atoms with Gasteiger partial charge in [0.25, 0.3) is 0 Å². The number of Topliss-reactive ketones (excluding diaryl/α,β-unsaturated/α-hetero) is 1. The Morgan fingerprint density at radius 2 is 1.89 bits per heavy atom. The van der Waals surface area contributed by atoms with Crippen LogP contribution in [0.5, 0.6) is 0 Å². The molecule has 7 heteroatoms. The Morgan fingerprint density at radius 1 is 1.14 bits per heavy atom. The van der Waals surface area contributed by atoms with Crippen LogP contribution in [0.2, 0.25) is 0 Å². The zero-order valence-corrected chi connectivity index (χ0v) is 15.0. The molecule has 0 radical (unpaired) electrons. The van der Waals surface area contributed by atoms with E-state index in [2.05, 4.69) is 4.98 Å². The molecule has 3 rings (SSSR count). The predicted molar refractivity (Wildman–Crippen MR) is 98.3 cm³/mol. The van der Waals surface area contributed by atoms with Crippen molar-refractivity contribution in [2.75, 3.05) is 13.1 Å². The number of ketones is 1. The number of nitrogens with zero attached hydrogens (tertiary/aromatic N) is 2. The second-order valence-electron chi connectivity index (χ2n) is 6.68. The van der Waals surface area contributed by atoms with E-state index in [1.54, 1.807) is 35.5 Å². The number of rotatable bonds is 4. The standard InChI is InChI=1S/C21H19F3N2O2/c22-21(23,24)18-5-1-3-16(13-18)20(28)17-4-2-12-26(14-17)19(27)7-6-15-8-10-25-11-9-15/h1,3,5-11,13,17H,2,4,12,14H2. The minimum atomic E-state index is -4.50. The van der Waals surface area contributed by atoms with Crippen LogP contribution in [0.3, 0.4) is 0 Å². The summed E-state index contributed by atoms with van der Waals surface area (Å²) in [6.07, 6.45) is 3.03. The summed E-state index contributed by atoms with van der Waals surface area (Å²) in [6, 6.07) is 7.98. The Balaban J connectivity index is 1.68. The molecule has 1 unspecified atom stereocenters. The van der Waals surface area contributed by atoms with Crippen LogP contribution in [0.4, 0.5) is 13.2 Å². The number of amides is 1. The molecule has 2 aromatic rings. The van der Waals surface area contributed by atoms with Gasteiger partial charge in [-0.2, -0.15) is 13.2 Å². The topological polar surface area (TPSA) is 50.3 Å². The van der Waals surface area contributed by atoms with E-state index in [9.17, 15) is 22.8 Å². The Morgan fingerprint density at radius 3 is 2.61 bits per heavy atom. The van der Waals surface area contributed by atoms with Gasteiger partial charge in [-0.15, -0.1) is 0 Å². The van der Waals surface area contributed by atoms with Gasteiger partial charge in [0.2, 0.25) is 5.91 Å². The summed E-state index contributed by atoms with van der Waals surface area (Å²) in [4.78, 5) is 30.6. The molecular weight excluding hydrogens is 369 g/mol. The highest BCUT2D eigenvalue weighted by atomic mass is 19.4. The molecule has 0 aliphatic carbocycles. The molecule has 0 saturated carbocycles. The first-order valence-corrected chi connectivity index (χ1v) is 8.93. The third kappa shape index (κ3) is 4.85. The first kappa shape index (κ1) is 19.8. The van der Waals surface area contributed by atoms with E-state index < -0.39 is 17.7 Å². The lowest BCUT2D eigenvalue weighted by Crippen LogP contribution is -2.41. The molecule has 146 valence electrons. The minimum absolute atomic E-state index is 0.0291. The van der Waals surface area contributed by atoms with Gasteiger partial charge in [0.05, 0.1) is 5.56 Å². The third-order valence-electron chi connectivity index (χ3n) is 4.70. The number of carbonyl (C=O) groups excluding carboxylic acids is 2. The summed E-state index contributed by atoms with van der Waals surface area (Å²) < 4.78 is 38.7. The highest BCUT2D eigenvalue weighted by Crippen LogP contribution is 2.30. The van der Waals surface area contributed by atoms with Gasteiger partial charge in [-0.05, 0) is 48.7 Å². The molecule has 28 heavy (non-hydrogen) atoms. The van der Waals surface area contributed by atoms with E-state index in [-0.39, 0.29) is 23.8 Å². The molecule has 1 aromatic heterocycles. The third-order valence-corrected chi connectivity index (χ3v) is 4.70. The predicted octanol–water partition coefficient (Wildman–Crippen LogP) is 4.24. The number of alkyl halides is 3. The van der Waals surface area contributed by atoms with E-state index in [1.165, 1.54) is 18.2 Å². The van der Waals surface area contributed by atoms with Crippen LogP contribution in [0.15, 0.2) is 54.9 Å². The van der Waals surface area contributed by atoms with Crippen molar-refractivity contribution in [2.24, 2.45) is 5.92 Å². The van der Waals surface area contributed by atoms with Gasteiger partial charge in [0.1, 0.15) is 0 Å². The molecule has 0 spiro atoms. The van der Waals surface area contributed by atoms with Crippen molar-refractivity contribution >= 4 is 17.8 Å². The molecule has 2 heterocycles. The fraction of sp³-hybridized carbons (Fsp3) is 0.286. The van der Waals surface area contributed by atoms with Crippen LogP contribution in [0, 0.1) is 5.92 Å². The van der Waals surface area contributed by atoms with Crippen LogP contribution in [-0.4, -0.2) is 34.7 Å². The van der Waals surface area contributed by atoms with Gasteiger partial charge in [-0.1, -0.05) is 12.1 Å². The lowest BCUT2D eigenvalue weighted by atomic mass is 9.89. The normalized spacial score (nSPS) is 17.7. The molecule has 0 N–H and O–H groups in total. The summed E-state index contributed by atoms with van der Waals surface area (Å²) in [5.74, 6) is -1.09. The van der Waals surface area contributed by atoms with Crippen molar-refractivity contribution in [3.63, 3.8) is 0 Å². The number of likely N-dealkylation sites (tertiary alicyclic amines) is 1. The second kappa shape index (κ2) is 8.37. The maximum absolute atomic E-state index is 12.9. The highest BCUT2D eigenvalue weighted by molar-refractivity contribution is 5.99. The Kier molecular flexibility index (Phi) is 5.92. The Labute approximate surface area is 160 Å². The van der Waals surface area contributed by atoms with E-state index >= 15 is 0 Å². The van der Waals surface area contributed by atoms with Gasteiger partial charge in [-0.3, -0.25) is 14.6 Å². The van der Waals surface area contributed by atoms with Crippen molar-refractivity contribution < 1.29 is 22.8 Å². The first-order chi connectivity index (χ1) is 13.3. The number of halogens is 3. The molecule has 1 aromatic carbocycles. The molecule has 0 bridgehead atoms. The van der Waals surface area contributed by atoms with E-state index in [1.807, 2.05) is 0 Å². The minimum Gasteiger partial charge on any atom is -0.338 e. The maximum atomic E-state index is 12.9. The lowest BCUT2D eigenvalue weighted by Gasteiger charge is -2.31. The lowest BCUT2D eigenvalue weighted by molar-refractivity contribution is -0.137. The van der Waals surface area contributed by atoms with Crippen molar-refractivity contribution in [2.45, 2.75) is 19.0 Å². The molecule has 1 atom stereocenters. The number of aromatic nitrogens is 1. The van der Waals surface area contributed by atoms with Crippen molar-refractivity contribution in [1.29, 1.82) is 0 Å². The molecule has 1 fully saturated rings. The fourth-order valence-corrected chi connectivity index (χ4v) is 3.22. The quantitative estimate of drug-likeness (QED) is 0.582. The average molecular weight is 388 g/mol. The van der Waals surface area contributed by atoms with Crippen molar-refractivity contribution in [3.05, 3.63) is 71.6 Å². The van der Waals surface area contributed by atoms with Crippen LogP contribution in [-0.2, 0) is 11.0 Å². The Bertz CT molecular complexity index is 879. The fourth-order valence-electron chi connectivity index (χ4n) is 3.22. The molecule has 4 nitrogen and oxygen atoms in total. The number of hydrogen-bond donors (Lipinski definition) is 0. The molecule has 1 saturated heterocycles. The van der Waals surface area contributed by atoms with Crippen LogP contribution < -0.4 is 0 Å². The van der Waals surface area contributed by atoms with Gasteiger partial charge in [0.15, 0.2) is 5.78 Å². The zero-order valence-electron chi connectivity index (χ0n) is 15.0. The summed E-state index contributed by atoms with van der Waals surface area (Å²) >= 11 is 0. The smallest absolute Gasteiger partial charge is 0.338 e. The summed E-state index contributed by atoms with van der Waals surface area (Å²) in [5.41, 5.74) is 0.0146. The molecule has 1 aliphatic rings. The number of benzene rings is 1. The summed E-state index contributed by atoms with van der Waals surface area (Å²) in [7, 11) is 0. The first-order valence-electron chi connectivity index (χ1n) is 8.93. The SMILES string of the molecule is O=C(c1cccc(C(F)(F)F)c1)C1CCCN(C(=O)C=Cc2ccncc2)C1. The summed E-state index contributed by atoms with van der Waals surface area (Å²) in [5, 5.41) is 0. The van der Waals surface area contributed by atoms with Crippen LogP contribution >= 0.6 is 0 Å². The highest BCUT2D eigenvalue weighted by Gasteiger charge is 2.33. The largest absolute Gasteiger partial charge is 0.416 e. The van der Waals surface area contributed by atoms with Crippen LogP contribution in [0.25, 0.3) is 6.08 Å². The van der Waals surface area contributed by atoms with Gasteiger partial charge in [0, 0.05) is 43.0 Å². The van der Waals surface area contributed by atoms with Gasteiger partial charge in [-0.25, -0.2) is 0 Å². The van der Waals surface area contributed by atoms with Crippen molar-refractivity contribution in [3.8, 4) is 0 Å². The second-order valence-corrected chi connectivity index (χ2v) is 6.68. The van der Waals surface area contributed by atoms with E-state index in [0.29, 0.717) is 19.4 Å². The monoisotopic (exact) mass is 388 g/mol. The molecular formula is C21H19F3N2O2. The number of carbonyl (C=O) groups is 2. The van der Waals surface area contributed by atoms with Crippen molar-refractivity contribution in [1.82, 2.24) is 9.88 Å². The average Bonchev–Trinajstić information content (AvgIpc) is 2.72. The van der Waals surface area contributed by atoms with Crippen LogP contribution in [0.1, 0.15) is 34.3 Å². The Hall–Kier alpha value is -2.96. The zero-order chi connectivity index (χ0) is 20.1. The van der Waals surface area contributed by atoms with E-state index in [0.717, 1.165) is 17.7 Å². The summed E-state index contributed by atoms with van der Waals surface area (Å²) in [6.45, 7) is 0.723. The molecule has 1 aliphatic heterocycles. The number of pyridine rings is 1. The molecule has 1 amide bonds. The number of piperidine rings is 1. The van der Waals surface area contributed by atoms with E-state index in [4.69, 9.17) is 0 Å². The maximum Gasteiger partial charge on any atom is 0.416 e. The van der Waals surface area contributed by atoms with Gasteiger partial charge < -0.3 is 4.90 Å². The van der Waals surface area contributed by atoms with Gasteiger partial charge >= 0.3 is 6.18 Å². The number of hydrogen-bond acceptors (Lipinski definition) is 3.